The molecule has 34 heavy (non-hydrogen) atoms. The fourth-order valence-electron chi connectivity index (χ4n) is 5.14. The zero-order chi connectivity index (χ0) is 23.2. The Morgan fingerprint density at radius 1 is 1.18 bits per heavy atom. The third-order valence-electron chi connectivity index (χ3n) is 6.82. The fraction of sp³-hybridized carbons (Fsp3) is 0.400. The van der Waals surface area contributed by atoms with E-state index in [2.05, 4.69) is 37.9 Å². The summed E-state index contributed by atoms with van der Waals surface area (Å²) >= 11 is 1.68. The third kappa shape index (κ3) is 4.04. The van der Waals surface area contributed by atoms with E-state index in [0.29, 0.717) is 29.5 Å². The van der Waals surface area contributed by atoms with Crippen LogP contribution in [-0.4, -0.2) is 45.5 Å². The van der Waals surface area contributed by atoms with Crippen molar-refractivity contribution in [1.82, 2.24) is 31.1 Å². The molecule has 1 amide bonds. The lowest BCUT2D eigenvalue weighted by Gasteiger charge is -2.31. The molecule has 4 heterocycles. The number of benzene rings is 1. The quantitative estimate of drug-likeness (QED) is 0.298. The van der Waals surface area contributed by atoms with Crippen molar-refractivity contribution < 1.29 is 4.79 Å². The van der Waals surface area contributed by atoms with Gasteiger partial charge in [0, 0.05) is 41.1 Å². The van der Waals surface area contributed by atoms with Crippen molar-refractivity contribution in [2.45, 2.75) is 51.2 Å². The van der Waals surface area contributed by atoms with Crippen molar-refractivity contribution >= 4 is 44.2 Å². The van der Waals surface area contributed by atoms with E-state index in [1.165, 1.54) is 0 Å². The normalized spacial score (nSPS) is 22.4. The Morgan fingerprint density at radius 3 is 2.97 bits per heavy atom. The van der Waals surface area contributed by atoms with E-state index in [9.17, 15) is 4.79 Å². The number of aromatic nitrogens is 3. The van der Waals surface area contributed by atoms with Crippen LogP contribution in [0.2, 0.25) is 0 Å². The van der Waals surface area contributed by atoms with Crippen molar-refractivity contribution in [3.05, 3.63) is 41.4 Å². The molecule has 2 aliphatic rings. The maximum atomic E-state index is 12.4. The monoisotopic (exact) mass is 475 g/mol. The maximum absolute atomic E-state index is 12.4. The number of carbonyl (C=O) groups is 1. The van der Waals surface area contributed by atoms with Crippen LogP contribution in [0.4, 0.5) is 5.82 Å². The van der Waals surface area contributed by atoms with Crippen LogP contribution < -0.4 is 21.5 Å². The molecule has 1 saturated heterocycles. The molecule has 1 aliphatic heterocycles. The van der Waals surface area contributed by atoms with Crippen molar-refractivity contribution in [3.8, 4) is 11.4 Å². The number of H-pyrrole nitrogens is 1. The van der Waals surface area contributed by atoms with E-state index in [0.717, 1.165) is 58.3 Å². The number of nitrogens with one attached hydrogen (secondary N) is 5. The number of anilines is 1. The van der Waals surface area contributed by atoms with E-state index in [1.807, 2.05) is 38.1 Å². The van der Waals surface area contributed by atoms with Gasteiger partial charge < -0.3 is 15.6 Å². The van der Waals surface area contributed by atoms with E-state index in [-0.39, 0.29) is 11.9 Å². The van der Waals surface area contributed by atoms with Gasteiger partial charge in [0.25, 0.3) is 5.91 Å². The average Bonchev–Trinajstić information content (AvgIpc) is 3.56. The van der Waals surface area contributed by atoms with E-state index < -0.39 is 0 Å². The number of thiophene rings is 1. The Morgan fingerprint density at radius 2 is 2.09 bits per heavy atom. The molecule has 176 valence electrons. The predicted octanol–water partition coefficient (Wildman–Crippen LogP) is 4.03. The smallest absolute Gasteiger partial charge is 0.267 e. The molecule has 2 fully saturated rings. The molecule has 1 aliphatic carbocycles. The molecule has 0 bridgehead atoms. The fourth-order valence-corrected chi connectivity index (χ4v) is 5.93. The number of hydrogen-bond donors (Lipinski definition) is 5. The van der Waals surface area contributed by atoms with Crippen LogP contribution >= 0.6 is 11.3 Å². The lowest BCUT2D eigenvalue weighted by atomic mass is 9.83. The van der Waals surface area contributed by atoms with E-state index in [1.54, 1.807) is 11.3 Å². The minimum Gasteiger partial charge on any atom is -0.366 e. The lowest BCUT2D eigenvalue weighted by Crippen LogP contribution is -2.39. The van der Waals surface area contributed by atoms with E-state index >= 15 is 0 Å². The Bertz CT molecular complexity index is 1360. The minimum atomic E-state index is -0.0995. The summed E-state index contributed by atoms with van der Waals surface area (Å²) < 4.78 is 1.10. The van der Waals surface area contributed by atoms with Crippen molar-refractivity contribution in [2.24, 2.45) is 5.92 Å². The first-order valence-electron chi connectivity index (χ1n) is 12.0. The van der Waals surface area contributed by atoms with Crippen LogP contribution in [0.3, 0.4) is 0 Å². The van der Waals surface area contributed by atoms with Gasteiger partial charge >= 0.3 is 0 Å². The van der Waals surface area contributed by atoms with E-state index in [4.69, 9.17) is 9.97 Å². The zero-order valence-corrected chi connectivity index (χ0v) is 20.1. The SMILES string of the molecule is CC(C)NC(=O)c1cc2ccc(-c3nc(NC4CCC5NNCC5C4)c4sccc4n3)cc2[nH]1. The maximum Gasteiger partial charge on any atom is 0.267 e. The van der Waals surface area contributed by atoms with Crippen molar-refractivity contribution in [2.75, 3.05) is 11.9 Å². The first-order chi connectivity index (χ1) is 16.5. The number of fused-ring (bicyclic) bond motifs is 3. The van der Waals surface area contributed by atoms with Crippen molar-refractivity contribution in [3.63, 3.8) is 0 Å². The van der Waals surface area contributed by atoms with Crippen LogP contribution in [-0.2, 0) is 0 Å². The largest absolute Gasteiger partial charge is 0.366 e. The van der Waals surface area contributed by atoms with Gasteiger partial charge in [-0.05, 0) is 62.6 Å². The zero-order valence-electron chi connectivity index (χ0n) is 19.3. The molecular formula is C25H29N7OS. The van der Waals surface area contributed by atoms with Crippen LogP contribution in [0.5, 0.6) is 0 Å². The third-order valence-corrected chi connectivity index (χ3v) is 7.73. The summed E-state index contributed by atoms with van der Waals surface area (Å²) in [5.41, 5.74) is 10.0. The number of hydrogen-bond acceptors (Lipinski definition) is 7. The van der Waals surface area contributed by atoms with Gasteiger partial charge in [-0.15, -0.1) is 11.3 Å². The second-order valence-corrected chi connectivity index (χ2v) is 10.6. The second kappa shape index (κ2) is 8.65. The summed E-state index contributed by atoms with van der Waals surface area (Å²) in [7, 11) is 0. The first kappa shape index (κ1) is 21.5. The van der Waals surface area contributed by atoms with Crippen LogP contribution in [0.1, 0.15) is 43.6 Å². The molecule has 0 radical (unpaired) electrons. The molecule has 1 aromatic carbocycles. The average molecular weight is 476 g/mol. The summed E-state index contributed by atoms with van der Waals surface area (Å²) in [5.74, 6) is 2.17. The molecule has 3 unspecified atom stereocenters. The second-order valence-electron chi connectivity index (χ2n) is 9.69. The minimum absolute atomic E-state index is 0.0855. The Hall–Kier alpha value is -3.01. The number of carbonyl (C=O) groups excluding carboxylic acids is 1. The van der Waals surface area contributed by atoms with Crippen LogP contribution in [0.25, 0.3) is 32.5 Å². The standard InChI is InChI=1S/C25H29N7OS/c1-13(2)27-25(33)21-10-14-3-4-15(11-20(14)29-21)23-30-19-7-8-34-22(19)24(31-23)28-17-5-6-18-16(9-17)12-26-32-18/h3-4,7-8,10-11,13,16-18,26,29,32H,5-6,9,12H2,1-2H3,(H,27,33)(H,28,30,31). The molecule has 1 saturated carbocycles. The molecule has 3 atom stereocenters. The molecule has 8 nitrogen and oxygen atoms in total. The molecule has 0 spiro atoms. The Labute approximate surface area is 201 Å². The molecule has 6 rings (SSSR count). The molecule has 5 N–H and O–H groups in total. The summed E-state index contributed by atoms with van der Waals surface area (Å²) in [6.07, 6.45) is 3.42. The van der Waals surface area contributed by atoms with Gasteiger partial charge in [-0.2, -0.15) is 0 Å². The highest BCUT2D eigenvalue weighted by molar-refractivity contribution is 7.17. The topological polar surface area (TPSA) is 107 Å². The lowest BCUT2D eigenvalue weighted by molar-refractivity contribution is 0.0939. The van der Waals surface area contributed by atoms with Crippen LogP contribution in [0.15, 0.2) is 35.7 Å². The van der Waals surface area contributed by atoms with Gasteiger partial charge in [0.2, 0.25) is 0 Å². The molecule has 4 aromatic rings. The van der Waals surface area contributed by atoms with Crippen molar-refractivity contribution in [1.29, 1.82) is 0 Å². The summed E-state index contributed by atoms with van der Waals surface area (Å²) in [5, 5.41) is 9.75. The first-order valence-corrected chi connectivity index (χ1v) is 12.9. The molecule has 9 heteroatoms. The summed E-state index contributed by atoms with van der Waals surface area (Å²) in [4.78, 5) is 25.5. The van der Waals surface area contributed by atoms with Gasteiger partial charge in [0.05, 0.1) is 10.2 Å². The number of rotatable bonds is 5. The highest BCUT2D eigenvalue weighted by atomic mass is 32.1. The number of hydrazine groups is 1. The highest BCUT2D eigenvalue weighted by Gasteiger charge is 2.34. The molecular weight excluding hydrogens is 446 g/mol. The van der Waals surface area contributed by atoms with Crippen LogP contribution in [0, 0.1) is 5.92 Å². The Kier molecular flexibility index (Phi) is 5.47. The number of aromatic amines is 1. The van der Waals surface area contributed by atoms with Gasteiger partial charge in [0.1, 0.15) is 11.5 Å². The predicted molar refractivity (Wildman–Crippen MR) is 137 cm³/mol. The number of nitrogens with zero attached hydrogens (tertiary/aromatic N) is 2. The highest BCUT2D eigenvalue weighted by Crippen LogP contribution is 2.34. The van der Waals surface area contributed by atoms with Gasteiger partial charge in [-0.3, -0.25) is 15.6 Å². The molecule has 3 aromatic heterocycles. The summed E-state index contributed by atoms with van der Waals surface area (Å²) in [6.45, 7) is 4.93. The van der Waals surface area contributed by atoms with Gasteiger partial charge in [0.15, 0.2) is 5.82 Å². The Balaban J connectivity index is 1.31. The summed E-state index contributed by atoms with van der Waals surface area (Å²) in [6, 6.07) is 11.1. The van der Waals surface area contributed by atoms with Gasteiger partial charge in [-0.1, -0.05) is 12.1 Å². The van der Waals surface area contributed by atoms with Gasteiger partial charge in [-0.25, -0.2) is 9.97 Å². The number of amides is 1.